The van der Waals surface area contributed by atoms with Gasteiger partial charge in [-0.3, -0.25) is 29.4 Å². The van der Waals surface area contributed by atoms with E-state index in [-0.39, 0.29) is 30.1 Å². The topological polar surface area (TPSA) is 186 Å². The third-order valence-electron chi connectivity index (χ3n) is 11.1. The number of fused-ring (bicyclic) bond motifs is 1. The van der Waals surface area contributed by atoms with E-state index < -0.39 is 29.7 Å². The van der Waals surface area contributed by atoms with Crippen molar-refractivity contribution in [1.82, 2.24) is 25.1 Å². The van der Waals surface area contributed by atoms with Gasteiger partial charge in [-0.05, 0) is 107 Å². The van der Waals surface area contributed by atoms with Gasteiger partial charge >= 0.3 is 0 Å². The molecule has 3 aliphatic rings. The molecule has 3 aliphatic heterocycles. The van der Waals surface area contributed by atoms with Crippen LogP contribution in [0.4, 0.5) is 28.8 Å². The van der Waals surface area contributed by atoms with Gasteiger partial charge in [-0.1, -0.05) is 35.9 Å². The molecule has 2 fully saturated rings. The summed E-state index contributed by atoms with van der Waals surface area (Å²) in [6.07, 6.45) is 3.81. The second-order valence-corrected chi connectivity index (χ2v) is 16.3. The van der Waals surface area contributed by atoms with Gasteiger partial charge in [-0.25, -0.2) is 4.98 Å². The highest BCUT2D eigenvalue weighted by molar-refractivity contribution is 6.33. The normalized spacial score (nSPS) is 17.0. The molecule has 0 aliphatic carbocycles. The highest BCUT2D eigenvalue weighted by Crippen LogP contribution is 2.38. The van der Waals surface area contributed by atoms with E-state index in [0.717, 1.165) is 54.5 Å². The maximum atomic E-state index is 13.3. The zero-order valence-corrected chi connectivity index (χ0v) is 36.7. The van der Waals surface area contributed by atoms with Gasteiger partial charge in [0.1, 0.15) is 16.8 Å². The lowest BCUT2D eigenvalue weighted by atomic mass is 9.86. The van der Waals surface area contributed by atoms with Crippen molar-refractivity contribution in [3.63, 3.8) is 0 Å². The van der Waals surface area contributed by atoms with Crippen molar-refractivity contribution in [2.75, 3.05) is 81.8 Å². The number of para-hydroxylation sites is 1. The molecule has 0 spiro atoms. The number of nitrogens with zero attached hydrogens (tertiary/aromatic N) is 4. The Morgan fingerprint density at radius 2 is 1.57 bits per heavy atom. The number of amides is 4. The Morgan fingerprint density at radius 1 is 0.841 bits per heavy atom. The number of hydrogen-bond acceptors (Lipinski definition) is 14. The van der Waals surface area contributed by atoms with Gasteiger partial charge in [-0.2, -0.15) is 4.98 Å². The fourth-order valence-corrected chi connectivity index (χ4v) is 8.15. The SMILES string of the molecule is Cc1cc(Nc2ncc(Cl)c(Nc3ccccc3)n2)c(OC(C)C)cc1C1CCN(CCOCCOCCOCCNc2cccc3c2C(=O)N(C2CCC(=O)NC2=O)C3=O)CC1. The van der Waals surface area contributed by atoms with Crippen LogP contribution < -0.4 is 26.0 Å². The van der Waals surface area contributed by atoms with Crippen LogP contribution in [0.2, 0.25) is 5.02 Å². The molecule has 17 heteroatoms. The number of carbonyl (C=O) groups excluding carboxylic acids is 4. The minimum Gasteiger partial charge on any atom is -0.489 e. The molecule has 7 rings (SSSR count). The van der Waals surface area contributed by atoms with Crippen LogP contribution in [0, 0.1) is 6.92 Å². The number of aromatic nitrogens is 2. The summed E-state index contributed by atoms with van der Waals surface area (Å²) >= 11 is 6.43. The van der Waals surface area contributed by atoms with E-state index >= 15 is 0 Å². The van der Waals surface area contributed by atoms with Gasteiger partial charge in [0.05, 0.1) is 68.8 Å². The van der Waals surface area contributed by atoms with Crippen molar-refractivity contribution in [2.24, 2.45) is 0 Å². The van der Waals surface area contributed by atoms with Crippen molar-refractivity contribution in [3.8, 4) is 5.75 Å². The quantitative estimate of drug-likeness (QED) is 0.0528. The summed E-state index contributed by atoms with van der Waals surface area (Å²) in [5, 5.41) is 12.4. The lowest BCUT2D eigenvalue weighted by molar-refractivity contribution is -0.136. The monoisotopic (exact) mass is 882 g/mol. The number of likely N-dealkylation sites (tertiary alicyclic amines) is 1. The maximum Gasteiger partial charge on any atom is 0.264 e. The molecule has 1 unspecified atom stereocenters. The van der Waals surface area contributed by atoms with Crippen LogP contribution in [0.5, 0.6) is 5.75 Å². The van der Waals surface area contributed by atoms with Gasteiger partial charge in [0, 0.05) is 30.9 Å². The van der Waals surface area contributed by atoms with Gasteiger partial charge in [0.25, 0.3) is 11.8 Å². The largest absolute Gasteiger partial charge is 0.489 e. The van der Waals surface area contributed by atoms with Crippen molar-refractivity contribution in [2.45, 2.75) is 64.5 Å². The molecule has 16 nitrogen and oxygen atoms in total. The Morgan fingerprint density at radius 3 is 2.30 bits per heavy atom. The number of ether oxygens (including phenoxy) is 4. The van der Waals surface area contributed by atoms with Crippen LogP contribution in [-0.2, 0) is 23.8 Å². The molecule has 4 N–H and O–H groups in total. The highest BCUT2D eigenvalue weighted by atomic mass is 35.5. The van der Waals surface area contributed by atoms with Gasteiger partial charge in [-0.15, -0.1) is 0 Å². The number of aryl methyl sites for hydroxylation is 1. The highest BCUT2D eigenvalue weighted by Gasteiger charge is 2.45. The summed E-state index contributed by atoms with van der Waals surface area (Å²) in [5.41, 5.74) is 5.08. The molecular weight excluding hydrogens is 828 g/mol. The van der Waals surface area contributed by atoms with Crippen LogP contribution >= 0.6 is 11.6 Å². The van der Waals surface area contributed by atoms with E-state index in [9.17, 15) is 19.2 Å². The van der Waals surface area contributed by atoms with E-state index in [1.54, 1.807) is 24.4 Å². The first kappa shape index (κ1) is 45.4. The van der Waals surface area contributed by atoms with Crippen molar-refractivity contribution >= 4 is 64.1 Å². The fraction of sp³-hybridized carbons (Fsp3) is 0.435. The van der Waals surface area contributed by atoms with Crippen molar-refractivity contribution in [1.29, 1.82) is 0 Å². The number of nitrogens with one attached hydrogen (secondary N) is 4. The Balaban J connectivity index is 0.771. The molecule has 0 bridgehead atoms. The molecule has 2 saturated heterocycles. The Hall–Kier alpha value is -5.65. The number of rotatable bonds is 21. The molecular formula is C46H55ClN8O8. The average molecular weight is 883 g/mol. The molecule has 0 radical (unpaired) electrons. The zero-order valence-electron chi connectivity index (χ0n) is 35.9. The molecule has 4 heterocycles. The van der Waals surface area contributed by atoms with Crippen LogP contribution in [0.1, 0.15) is 77.3 Å². The molecule has 4 amide bonds. The van der Waals surface area contributed by atoms with Crippen LogP contribution in [0.15, 0.2) is 66.9 Å². The molecule has 334 valence electrons. The summed E-state index contributed by atoms with van der Waals surface area (Å²) in [7, 11) is 0. The standard InChI is InChI=1S/C46H55ClN8O8/c1-29(2)63-39-27-34(30(3)26-37(39)51-46-49-28-35(47)42(53-46)50-32-8-5-4-6-9-32)31-14-17-54(18-15-31)19-21-61-23-25-62-24-22-60-20-16-48-36-11-7-10-33-41(36)45(59)55(44(33)58)38-12-13-40(56)52-43(38)57/h4-11,26-29,31,38,48H,12-25H2,1-3H3,(H,52,56,57)(H2,49,50,51,53). The number of halogens is 1. The molecule has 3 aromatic carbocycles. The number of piperidine rings is 2. The van der Waals surface area contributed by atoms with E-state index in [1.165, 1.54) is 11.1 Å². The number of benzene rings is 3. The predicted octanol–water partition coefficient (Wildman–Crippen LogP) is 6.46. The lowest BCUT2D eigenvalue weighted by Gasteiger charge is -2.33. The zero-order chi connectivity index (χ0) is 44.3. The smallest absolute Gasteiger partial charge is 0.264 e. The van der Waals surface area contributed by atoms with Crippen molar-refractivity contribution < 1.29 is 38.1 Å². The number of hydrogen-bond donors (Lipinski definition) is 4. The number of carbonyl (C=O) groups is 4. The average Bonchev–Trinajstić information content (AvgIpc) is 3.52. The second-order valence-electron chi connectivity index (χ2n) is 15.9. The number of imide groups is 2. The van der Waals surface area contributed by atoms with Gasteiger partial charge in [0.15, 0.2) is 5.82 Å². The summed E-state index contributed by atoms with van der Waals surface area (Å²) in [5.74, 6) is -0.0537. The third-order valence-corrected chi connectivity index (χ3v) is 11.4. The predicted molar refractivity (Wildman–Crippen MR) is 239 cm³/mol. The summed E-state index contributed by atoms with van der Waals surface area (Å²) in [6, 6.07) is 18.0. The summed E-state index contributed by atoms with van der Waals surface area (Å²) < 4.78 is 23.6. The van der Waals surface area contributed by atoms with Crippen molar-refractivity contribution in [3.05, 3.63) is 94.1 Å². The molecule has 0 saturated carbocycles. The Bertz CT molecular complexity index is 2260. The van der Waals surface area contributed by atoms with E-state index in [1.807, 2.05) is 44.2 Å². The van der Waals surface area contributed by atoms with Crippen LogP contribution in [0.25, 0.3) is 0 Å². The minimum atomic E-state index is -1.01. The minimum absolute atomic E-state index is 0.0201. The molecule has 1 aromatic heterocycles. The summed E-state index contributed by atoms with van der Waals surface area (Å²) in [4.78, 5) is 62.8. The fourth-order valence-electron chi connectivity index (χ4n) is 8.01. The number of anilines is 5. The molecule has 4 aromatic rings. The Labute approximate surface area is 372 Å². The lowest BCUT2D eigenvalue weighted by Crippen LogP contribution is -2.54. The third kappa shape index (κ3) is 11.7. The maximum absolute atomic E-state index is 13.3. The van der Waals surface area contributed by atoms with E-state index in [4.69, 9.17) is 30.5 Å². The summed E-state index contributed by atoms with van der Waals surface area (Å²) in [6.45, 7) is 12.1. The first-order chi connectivity index (χ1) is 30.5. The second kappa shape index (κ2) is 21.6. The van der Waals surface area contributed by atoms with Gasteiger partial charge in [0.2, 0.25) is 17.8 Å². The van der Waals surface area contributed by atoms with E-state index in [0.29, 0.717) is 74.6 Å². The van der Waals surface area contributed by atoms with Crippen LogP contribution in [-0.4, -0.2) is 121 Å². The molecule has 1 atom stereocenters. The van der Waals surface area contributed by atoms with Gasteiger partial charge < -0.3 is 39.8 Å². The first-order valence-corrected chi connectivity index (χ1v) is 21.9. The van der Waals surface area contributed by atoms with Crippen LogP contribution in [0.3, 0.4) is 0 Å². The first-order valence-electron chi connectivity index (χ1n) is 21.5. The Kier molecular flexibility index (Phi) is 15.6. The van der Waals surface area contributed by atoms with E-state index in [2.05, 4.69) is 55.2 Å². The molecule has 63 heavy (non-hydrogen) atoms.